The van der Waals surface area contributed by atoms with Crippen molar-refractivity contribution >= 4 is 21.6 Å². The van der Waals surface area contributed by atoms with E-state index in [0.29, 0.717) is 36.3 Å². The molecule has 0 bridgehead atoms. The molecule has 0 fully saturated rings. The van der Waals surface area contributed by atoms with E-state index in [-0.39, 0.29) is 11.4 Å². The van der Waals surface area contributed by atoms with Crippen LogP contribution in [0.15, 0.2) is 47.4 Å². The van der Waals surface area contributed by atoms with Crippen LogP contribution in [0.3, 0.4) is 0 Å². The van der Waals surface area contributed by atoms with Gasteiger partial charge in [-0.25, -0.2) is 13.1 Å². The van der Waals surface area contributed by atoms with Gasteiger partial charge in [-0.05, 0) is 35.7 Å². The Morgan fingerprint density at radius 3 is 2.37 bits per heavy atom. The lowest BCUT2D eigenvalue weighted by Gasteiger charge is -2.18. The Labute approximate surface area is 158 Å². The largest absolute Gasteiger partial charge is 0.486 e. The van der Waals surface area contributed by atoms with Gasteiger partial charge in [-0.3, -0.25) is 4.79 Å². The van der Waals surface area contributed by atoms with E-state index in [1.807, 2.05) is 12.1 Å². The number of carbonyl (C=O) groups is 1. The van der Waals surface area contributed by atoms with Crippen LogP contribution in [-0.2, 0) is 14.8 Å². The highest BCUT2D eigenvalue weighted by Gasteiger charge is 2.20. The highest BCUT2D eigenvalue weighted by Crippen LogP contribution is 2.32. The van der Waals surface area contributed by atoms with Gasteiger partial charge in [0.1, 0.15) is 13.2 Å². The summed E-state index contributed by atoms with van der Waals surface area (Å²) in [7, 11) is -3.85. The summed E-state index contributed by atoms with van der Waals surface area (Å²) >= 11 is 0. The van der Waals surface area contributed by atoms with Crippen molar-refractivity contribution in [1.29, 1.82) is 0 Å². The summed E-state index contributed by atoms with van der Waals surface area (Å²) in [5.74, 6) is 0.822. The Morgan fingerprint density at radius 1 is 1.04 bits per heavy atom. The number of ether oxygens (including phenoxy) is 2. The first-order valence-corrected chi connectivity index (χ1v) is 10.1. The van der Waals surface area contributed by atoms with Crippen LogP contribution in [0, 0.1) is 0 Å². The molecule has 1 heterocycles. The molecule has 2 aromatic carbocycles. The summed E-state index contributed by atoms with van der Waals surface area (Å²) in [5.41, 5.74) is 1.77. The molecule has 7 nitrogen and oxygen atoms in total. The van der Waals surface area contributed by atoms with Crippen molar-refractivity contribution in [3.05, 3.63) is 48.0 Å². The van der Waals surface area contributed by atoms with Gasteiger partial charge in [-0.1, -0.05) is 26.0 Å². The fourth-order valence-corrected chi connectivity index (χ4v) is 3.59. The molecular formula is C19H22N2O5S. The van der Waals surface area contributed by atoms with Gasteiger partial charge in [0, 0.05) is 11.8 Å². The van der Waals surface area contributed by atoms with E-state index >= 15 is 0 Å². The molecule has 1 aliphatic rings. The third kappa shape index (κ3) is 4.78. The number of sulfonamides is 1. The van der Waals surface area contributed by atoms with Gasteiger partial charge >= 0.3 is 0 Å². The zero-order valence-electron chi connectivity index (χ0n) is 15.2. The zero-order valence-corrected chi connectivity index (χ0v) is 16.0. The second kappa shape index (κ2) is 7.98. The molecule has 0 spiro atoms. The van der Waals surface area contributed by atoms with Crippen molar-refractivity contribution in [3.63, 3.8) is 0 Å². The molecule has 2 N–H and O–H groups in total. The molecule has 0 atom stereocenters. The SMILES string of the molecule is CC(C)c1ccc(NC(=O)CNS(=O)(=O)c2ccc3c(c2)OCCO3)cc1. The van der Waals surface area contributed by atoms with Crippen LogP contribution in [0.2, 0.25) is 0 Å². The van der Waals surface area contributed by atoms with E-state index in [4.69, 9.17) is 9.47 Å². The van der Waals surface area contributed by atoms with E-state index in [0.717, 1.165) is 5.56 Å². The van der Waals surface area contributed by atoms with Crippen LogP contribution in [0.25, 0.3) is 0 Å². The average molecular weight is 390 g/mol. The molecule has 8 heteroatoms. The summed E-state index contributed by atoms with van der Waals surface area (Å²) < 4.78 is 37.9. The number of benzene rings is 2. The minimum atomic E-state index is -3.85. The van der Waals surface area contributed by atoms with Crippen molar-refractivity contribution in [2.45, 2.75) is 24.7 Å². The maximum Gasteiger partial charge on any atom is 0.241 e. The number of fused-ring (bicyclic) bond motifs is 1. The number of hydrogen-bond acceptors (Lipinski definition) is 5. The summed E-state index contributed by atoms with van der Waals surface area (Å²) in [4.78, 5) is 12.1. The third-order valence-electron chi connectivity index (χ3n) is 4.11. The number of carbonyl (C=O) groups excluding carboxylic acids is 1. The molecule has 0 saturated carbocycles. The first-order chi connectivity index (χ1) is 12.8. The number of hydrogen-bond donors (Lipinski definition) is 2. The van der Waals surface area contributed by atoms with Gasteiger partial charge in [0.05, 0.1) is 11.4 Å². The molecule has 1 amide bonds. The molecule has 0 radical (unpaired) electrons. The van der Waals surface area contributed by atoms with E-state index < -0.39 is 15.9 Å². The Kier molecular flexibility index (Phi) is 5.67. The van der Waals surface area contributed by atoms with Gasteiger partial charge in [0.15, 0.2) is 11.5 Å². The highest BCUT2D eigenvalue weighted by molar-refractivity contribution is 7.89. The minimum Gasteiger partial charge on any atom is -0.486 e. The molecule has 3 rings (SSSR count). The molecule has 0 aromatic heterocycles. The molecule has 1 aliphatic heterocycles. The predicted molar refractivity (Wildman–Crippen MR) is 102 cm³/mol. The number of anilines is 1. The van der Waals surface area contributed by atoms with Crippen molar-refractivity contribution in [1.82, 2.24) is 4.72 Å². The van der Waals surface area contributed by atoms with Crippen LogP contribution in [-0.4, -0.2) is 34.1 Å². The fourth-order valence-electron chi connectivity index (χ4n) is 2.59. The third-order valence-corrected chi connectivity index (χ3v) is 5.51. The van der Waals surface area contributed by atoms with Gasteiger partial charge in [-0.15, -0.1) is 0 Å². The molecule has 27 heavy (non-hydrogen) atoms. The smallest absolute Gasteiger partial charge is 0.241 e. The van der Waals surface area contributed by atoms with Crippen molar-refractivity contribution in [2.75, 3.05) is 25.1 Å². The second-order valence-electron chi connectivity index (χ2n) is 6.45. The maximum absolute atomic E-state index is 12.4. The van der Waals surface area contributed by atoms with Crippen LogP contribution in [0.4, 0.5) is 5.69 Å². The molecular weight excluding hydrogens is 368 g/mol. The summed E-state index contributed by atoms with van der Waals surface area (Å²) in [6.07, 6.45) is 0. The number of amides is 1. The summed E-state index contributed by atoms with van der Waals surface area (Å²) in [5, 5.41) is 2.67. The number of rotatable bonds is 6. The topological polar surface area (TPSA) is 93.7 Å². The van der Waals surface area contributed by atoms with Crippen molar-refractivity contribution in [2.24, 2.45) is 0 Å². The summed E-state index contributed by atoms with van der Waals surface area (Å²) in [6, 6.07) is 11.8. The van der Waals surface area contributed by atoms with Crippen LogP contribution in [0.5, 0.6) is 11.5 Å². The van der Waals surface area contributed by atoms with Gasteiger partial charge in [0.2, 0.25) is 15.9 Å². The molecule has 0 saturated heterocycles. The van der Waals surface area contributed by atoms with Crippen LogP contribution < -0.4 is 19.5 Å². The maximum atomic E-state index is 12.4. The normalized spacial score (nSPS) is 13.4. The van der Waals surface area contributed by atoms with Gasteiger partial charge < -0.3 is 14.8 Å². The number of nitrogens with one attached hydrogen (secondary N) is 2. The lowest BCUT2D eigenvalue weighted by atomic mass is 10.0. The van der Waals surface area contributed by atoms with E-state index in [2.05, 4.69) is 23.9 Å². The first kappa shape index (κ1) is 19.2. The quantitative estimate of drug-likeness (QED) is 0.790. The zero-order chi connectivity index (χ0) is 19.4. The minimum absolute atomic E-state index is 0.0147. The monoisotopic (exact) mass is 390 g/mol. The second-order valence-corrected chi connectivity index (χ2v) is 8.22. The Balaban J connectivity index is 1.60. The molecule has 144 valence electrons. The van der Waals surface area contributed by atoms with E-state index in [9.17, 15) is 13.2 Å². The molecule has 0 unspecified atom stereocenters. The van der Waals surface area contributed by atoms with Crippen LogP contribution in [0.1, 0.15) is 25.3 Å². The van der Waals surface area contributed by atoms with Crippen molar-refractivity contribution < 1.29 is 22.7 Å². The lowest BCUT2D eigenvalue weighted by molar-refractivity contribution is -0.115. The Hall–Kier alpha value is -2.58. The van der Waals surface area contributed by atoms with Gasteiger partial charge in [-0.2, -0.15) is 0 Å². The summed E-state index contributed by atoms with van der Waals surface area (Å²) in [6.45, 7) is 4.58. The lowest BCUT2D eigenvalue weighted by Crippen LogP contribution is -2.33. The van der Waals surface area contributed by atoms with E-state index in [1.165, 1.54) is 12.1 Å². The van der Waals surface area contributed by atoms with Crippen molar-refractivity contribution in [3.8, 4) is 11.5 Å². The first-order valence-electron chi connectivity index (χ1n) is 8.64. The molecule has 0 aliphatic carbocycles. The average Bonchev–Trinajstić information content (AvgIpc) is 2.66. The Bertz CT molecular complexity index is 924. The van der Waals surface area contributed by atoms with Gasteiger partial charge in [0.25, 0.3) is 0 Å². The molecule has 2 aromatic rings. The highest BCUT2D eigenvalue weighted by atomic mass is 32.2. The predicted octanol–water partition coefficient (Wildman–Crippen LogP) is 2.50. The van der Waals surface area contributed by atoms with Crippen LogP contribution >= 0.6 is 0 Å². The Morgan fingerprint density at radius 2 is 1.70 bits per heavy atom. The fraction of sp³-hybridized carbons (Fsp3) is 0.316. The van der Waals surface area contributed by atoms with E-state index in [1.54, 1.807) is 18.2 Å². The standard InChI is InChI=1S/C19H22N2O5S/c1-13(2)14-3-5-15(6-4-14)21-19(22)12-20-27(23,24)16-7-8-17-18(11-16)26-10-9-25-17/h3-8,11,13,20H,9-10,12H2,1-2H3,(H,21,22).